The van der Waals surface area contributed by atoms with Crippen molar-refractivity contribution in [3.05, 3.63) is 58.1 Å². The first-order valence-corrected chi connectivity index (χ1v) is 6.59. The predicted molar refractivity (Wildman–Crippen MR) is 72.1 cm³/mol. The highest BCUT2D eigenvalue weighted by molar-refractivity contribution is 6.07. The molecule has 0 spiro atoms. The van der Waals surface area contributed by atoms with Gasteiger partial charge in [0, 0.05) is 11.3 Å². The minimum Gasteiger partial charge on any atom is -0.267 e. The van der Waals surface area contributed by atoms with Gasteiger partial charge in [-0.05, 0) is 35.4 Å². The highest BCUT2D eigenvalue weighted by Gasteiger charge is 2.32. The third kappa shape index (κ3) is 2.91. The number of halogens is 6. The summed E-state index contributed by atoms with van der Waals surface area (Å²) in [6, 6.07) is 5.21. The van der Waals surface area contributed by atoms with E-state index in [1.165, 1.54) is 0 Å². The fraction of sp³-hybridized carbons (Fsp3) is 0.125. The molecule has 2 aromatic rings. The van der Waals surface area contributed by atoms with Crippen molar-refractivity contribution >= 4 is 12.0 Å². The minimum absolute atomic E-state index is 0.00292. The van der Waals surface area contributed by atoms with Gasteiger partial charge in [0.15, 0.2) is 0 Å². The average Bonchev–Trinajstić information content (AvgIpc) is 2.84. The maximum Gasteiger partial charge on any atom is 0.416 e. The van der Waals surface area contributed by atoms with E-state index in [4.69, 9.17) is 0 Å². The lowest BCUT2D eigenvalue weighted by Crippen LogP contribution is -2.26. The van der Waals surface area contributed by atoms with Gasteiger partial charge >= 0.3 is 12.4 Å². The number of hydrogen-bond donors (Lipinski definition) is 0. The highest BCUT2D eigenvalue weighted by atomic mass is 19.4. The molecule has 0 atom stereocenters. The molecule has 2 nitrogen and oxygen atoms in total. The molecule has 0 fully saturated rings. The zero-order chi connectivity index (χ0) is 17.7. The van der Waals surface area contributed by atoms with Gasteiger partial charge < -0.3 is 0 Å². The molecular formula is C16H7F6NO. The van der Waals surface area contributed by atoms with Crippen LogP contribution in [0.25, 0.3) is 17.2 Å². The van der Waals surface area contributed by atoms with Crippen LogP contribution in [0.2, 0.25) is 0 Å². The third-order valence-electron chi connectivity index (χ3n) is 3.51. The van der Waals surface area contributed by atoms with Crippen molar-refractivity contribution in [3.8, 4) is 11.1 Å². The highest BCUT2D eigenvalue weighted by Crippen LogP contribution is 2.32. The normalized spacial score (nSPS) is 14.2. The van der Waals surface area contributed by atoms with Crippen molar-refractivity contribution in [1.29, 1.82) is 0 Å². The summed E-state index contributed by atoms with van der Waals surface area (Å²) in [5.74, 6) is -0.711. The molecule has 2 aromatic carbocycles. The van der Waals surface area contributed by atoms with Gasteiger partial charge in [-0.25, -0.2) is 4.99 Å². The summed E-state index contributed by atoms with van der Waals surface area (Å²) in [6.07, 6.45) is -8.16. The van der Waals surface area contributed by atoms with Gasteiger partial charge in [0.05, 0.1) is 16.5 Å². The molecule has 0 saturated carbocycles. The summed E-state index contributed by atoms with van der Waals surface area (Å²) in [5.41, 5.74) is -1.81. The topological polar surface area (TPSA) is 29.4 Å². The number of alkyl halides is 6. The molecule has 124 valence electrons. The second-order valence-electron chi connectivity index (χ2n) is 5.12. The van der Waals surface area contributed by atoms with Crippen molar-refractivity contribution in [1.82, 2.24) is 0 Å². The van der Waals surface area contributed by atoms with Crippen LogP contribution in [0.5, 0.6) is 0 Å². The lowest BCUT2D eigenvalue weighted by molar-refractivity contribution is -0.138. The van der Waals surface area contributed by atoms with E-state index < -0.39 is 29.4 Å². The number of carbonyl (C=O) groups excluding carboxylic acids is 1. The molecule has 0 bridgehead atoms. The molecule has 24 heavy (non-hydrogen) atoms. The minimum atomic E-state index is -4.67. The van der Waals surface area contributed by atoms with E-state index in [0.717, 1.165) is 42.5 Å². The summed E-state index contributed by atoms with van der Waals surface area (Å²) in [4.78, 5) is 14.9. The maximum absolute atomic E-state index is 13.0. The summed E-state index contributed by atoms with van der Waals surface area (Å²) in [5, 5.41) is 0.0116. The van der Waals surface area contributed by atoms with Crippen molar-refractivity contribution in [2.24, 2.45) is 4.99 Å². The molecule has 0 saturated heterocycles. The van der Waals surface area contributed by atoms with E-state index in [-0.39, 0.29) is 21.7 Å². The average molecular weight is 343 g/mol. The monoisotopic (exact) mass is 343 g/mol. The standard InChI is InChI=1S/C16H7F6NO/c17-15(18,19)9-3-1-8(2-4-9)11-5-10(16(20,21)22)6-13-12(11)7-14(24)23-13/h1-7H. The number of hydrogen-bond acceptors (Lipinski definition) is 1. The van der Waals surface area contributed by atoms with Gasteiger partial charge in [0.2, 0.25) is 0 Å². The number of nitrogens with zero attached hydrogens (tertiary/aromatic N) is 1. The van der Waals surface area contributed by atoms with Crippen LogP contribution < -0.4 is 10.6 Å². The smallest absolute Gasteiger partial charge is 0.267 e. The fourth-order valence-corrected chi connectivity index (χ4v) is 2.40. The SMILES string of the molecule is O=C1C=c2c(-c3ccc(C(F)(F)F)cc3)cc(C(F)(F)F)cc2=N1. The summed E-state index contributed by atoms with van der Waals surface area (Å²) in [6.45, 7) is 0. The first-order chi connectivity index (χ1) is 11.1. The summed E-state index contributed by atoms with van der Waals surface area (Å²) < 4.78 is 76.7. The molecule has 3 rings (SSSR count). The molecule has 0 aliphatic carbocycles. The second kappa shape index (κ2) is 5.19. The molecule has 0 N–H and O–H groups in total. The Hall–Kier alpha value is -2.64. The Labute approximate surface area is 130 Å². The summed E-state index contributed by atoms with van der Waals surface area (Å²) in [7, 11) is 0. The van der Waals surface area contributed by atoms with E-state index in [2.05, 4.69) is 4.99 Å². The third-order valence-corrected chi connectivity index (χ3v) is 3.51. The van der Waals surface area contributed by atoms with Gasteiger partial charge in [-0.1, -0.05) is 12.1 Å². The molecule has 0 unspecified atom stereocenters. The molecule has 1 amide bonds. The van der Waals surface area contributed by atoms with E-state index in [1.807, 2.05) is 0 Å². The van der Waals surface area contributed by atoms with E-state index in [0.29, 0.717) is 0 Å². The van der Waals surface area contributed by atoms with Crippen LogP contribution in [-0.2, 0) is 17.1 Å². The lowest BCUT2D eigenvalue weighted by Gasteiger charge is -2.11. The Kier molecular flexibility index (Phi) is 3.51. The number of fused-ring (bicyclic) bond motifs is 1. The van der Waals surface area contributed by atoms with Gasteiger partial charge in [0.1, 0.15) is 0 Å². The molecular weight excluding hydrogens is 336 g/mol. The predicted octanol–water partition coefficient (Wildman–Crippen LogP) is 3.33. The second-order valence-corrected chi connectivity index (χ2v) is 5.12. The van der Waals surface area contributed by atoms with Crippen molar-refractivity contribution in [2.75, 3.05) is 0 Å². The van der Waals surface area contributed by atoms with Crippen molar-refractivity contribution in [3.63, 3.8) is 0 Å². The van der Waals surface area contributed by atoms with Crippen molar-refractivity contribution in [2.45, 2.75) is 12.4 Å². The van der Waals surface area contributed by atoms with Crippen LogP contribution >= 0.6 is 0 Å². The Bertz CT molecular complexity index is 939. The van der Waals surface area contributed by atoms with Crippen LogP contribution in [0.1, 0.15) is 11.1 Å². The molecule has 0 aromatic heterocycles. The van der Waals surface area contributed by atoms with Crippen LogP contribution in [0.3, 0.4) is 0 Å². The Morgan fingerprint density at radius 2 is 1.38 bits per heavy atom. The Morgan fingerprint density at radius 3 is 1.92 bits per heavy atom. The van der Waals surface area contributed by atoms with Gasteiger partial charge in [0.25, 0.3) is 5.91 Å². The Morgan fingerprint density at radius 1 is 0.792 bits per heavy atom. The first-order valence-electron chi connectivity index (χ1n) is 6.59. The fourth-order valence-electron chi connectivity index (χ4n) is 2.40. The number of amides is 1. The number of benzene rings is 2. The number of carbonyl (C=O) groups is 1. The van der Waals surface area contributed by atoms with E-state index in [1.54, 1.807) is 0 Å². The Balaban J connectivity index is 2.22. The van der Waals surface area contributed by atoms with E-state index in [9.17, 15) is 31.1 Å². The van der Waals surface area contributed by atoms with Crippen LogP contribution in [0.15, 0.2) is 41.4 Å². The van der Waals surface area contributed by atoms with Crippen molar-refractivity contribution < 1.29 is 31.1 Å². The molecule has 0 radical (unpaired) electrons. The molecule has 8 heteroatoms. The maximum atomic E-state index is 13.0. The van der Waals surface area contributed by atoms with E-state index >= 15 is 0 Å². The molecule has 1 heterocycles. The zero-order valence-corrected chi connectivity index (χ0v) is 11.7. The van der Waals surface area contributed by atoms with Gasteiger partial charge in [-0.3, -0.25) is 4.79 Å². The molecule has 1 aliphatic heterocycles. The van der Waals surface area contributed by atoms with Crippen LogP contribution in [-0.4, -0.2) is 5.91 Å². The van der Waals surface area contributed by atoms with Crippen LogP contribution in [0.4, 0.5) is 26.3 Å². The zero-order valence-electron chi connectivity index (χ0n) is 11.7. The van der Waals surface area contributed by atoms with Gasteiger partial charge in [-0.2, -0.15) is 26.3 Å². The first kappa shape index (κ1) is 16.2. The van der Waals surface area contributed by atoms with Gasteiger partial charge in [-0.15, -0.1) is 0 Å². The summed E-state index contributed by atoms with van der Waals surface area (Å²) >= 11 is 0. The van der Waals surface area contributed by atoms with Crippen LogP contribution in [0, 0.1) is 0 Å². The number of rotatable bonds is 1. The lowest BCUT2D eigenvalue weighted by atomic mass is 9.98. The molecule has 1 aliphatic rings. The largest absolute Gasteiger partial charge is 0.416 e. The quantitative estimate of drug-likeness (QED) is 0.731.